The van der Waals surface area contributed by atoms with Gasteiger partial charge in [0.2, 0.25) is 0 Å². The third-order valence-corrected chi connectivity index (χ3v) is 4.46. The molecule has 1 amide bonds. The summed E-state index contributed by atoms with van der Waals surface area (Å²) in [6.45, 7) is 7.39. The molecule has 1 aliphatic heterocycles. The quantitative estimate of drug-likeness (QED) is 0.607. The van der Waals surface area contributed by atoms with E-state index in [1.807, 2.05) is 31.7 Å². The Morgan fingerprint density at radius 1 is 1.30 bits per heavy atom. The average Bonchev–Trinajstić information content (AvgIpc) is 3.36. The van der Waals surface area contributed by atoms with E-state index in [1.54, 1.807) is 18.2 Å². The Hall–Kier alpha value is -2.68. The number of amides is 1. The van der Waals surface area contributed by atoms with E-state index in [2.05, 4.69) is 28.0 Å². The van der Waals surface area contributed by atoms with Gasteiger partial charge < -0.3 is 10.2 Å². The summed E-state index contributed by atoms with van der Waals surface area (Å²) in [4.78, 5) is 18.6. The van der Waals surface area contributed by atoms with E-state index >= 15 is 0 Å². The van der Waals surface area contributed by atoms with Gasteiger partial charge in [0.15, 0.2) is 11.3 Å². The molecule has 1 N–H and O–H groups in total. The van der Waals surface area contributed by atoms with E-state index in [0.717, 1.165) is 0 Å². The van der Waals surface area contributed by atoms with Gasteiger partial charge in [-0.2, -0.15) is 0 Å². The summed E-state index contributed by atoms with van der Waals surface area (Å²) >= 11 is 3.91. The van der Waals surface area contributed by atoms with Crippen LogP contribution in [-0.4, -0.2) is 46.3 Å². The predicted molar refractivity (Wildman–Crippen MR) is 118 cm³/mol. The van der Waals surface area contributed by atoms with E-state index in [4.69, 9.17) is 0 Å². The zero-order chi connectivity index (χ0) is 22.1. The van der Waals surface area contributed by atoms with Gasteiger partial charge in [0.05, 0.1) is 12.7 Å². The Balaban J connectivity index is 0.000000269. The molecule has 0 saturated carbocycles. The van der Waals surface area contributed by atoms with Crippen LogP contribution in [0.4, 0.5) is 14.6 Å². The highest BCUT2D eigenvalue weighted by molar-refractivity contribution is 7.80. The topological polar surface area (TPSA) is 62.5 Å². The molecule has 4 rings (SSSR count). The molecule has 1 aliphatic rings. The number of imidazole rings is 1. The lowest BCUT2D eigenvalue weighted by molar-refractivity contribution is 0.0949. The van der Waals surface area contributed by atoms with Crippen molar-refractivity contribution in [2.45, 2.75) is 38.3 Å². The first kappa shape index (κ1) is 23.6. The smallest absolute Gasteiger partial charge is 0.271 e. The molecule has 1 aromatic carbocycles. The van der Waals surface area contributed by atoms with Crippen molar-refractivity contribution in [2.24, 2.45) is 0 Å². The van der Waals surface area contributed by atoms with Gasteiger partial charge in [-0.05, 0) is 43.7 Å². The molecule has 0 bridgehead atoms. The number of rotatable bonds is 3. The lowest BCUT2D eigenvalue weighted by atomic mass is 10.3. The Morgan fingerprint density at radius 2 is 2.07 bits per heavy atom. The minimum Gasteiger partial charge on any atom is -0.352 e. The molecular formula is C21H27F2N5OS. The van der Waals surface area contributed by atoms with Crippen LogP contribution in [-0.2, 0) is 0 Å². The van der Waals surface area contributed by atoms with Crippen LogP contribution in [0.5, 0.6) is 0 Å². The molecule has 1 fully saturated rings. The number of aromatic nitrogens is 3. The predicted octanol–water partition coefficient (Wildman–Crippen LogP) is 4.17. The molecule has 6 nitrogen and oxygen atoms in total. The summed E-state index contributed by atoms with van der Waals surface area (Å²) < 4.78 is 26.9. The van der Waals surface area contributed by atoms with Crippen LogP contribution < -0.4 is 10.2 Å². The largest absolute Gasteiger partial charge is 0.352 e. The minimum absolute atomic E-state index is 0.213. The van der Waals surface area contributed by atoms with Gasteiger partial charge in [0.1, 0.15) is 17.8 Å². The number of thiol groups is 1. The summed E-state index contributed by atoms with van der Waals surface area (Å²) in [6, 6.07) is 9.70. The molecule has 2 aromatic heterocycles. The number of carbonyl (C=O) groups excluding carboxylic acids is 1. The standard InChI is InChI=1S/C13H16FN5O.C6H5FS.C2H6/c1-2-15-13(20)10-7-16-11-3-4-12(17-19(10)11)18-6-5-9(14)8-18;7-5-2-1-3-6(8)4-5;1-2/h3-4,7,9H,2,5-6,8H2,1H3,(H,15,20);1-4,8H;1-2H3. The van der Waals surface area contributed by atoms with Gasteiger partial charge in [-0.25, -0.2) is 18.3 Å². The van der Waals surface area contributed by atoms with Gasteiger partial charge in [-0.15, -0.1) is 17.7 Å². The second-order valence-electron chi connectivity index (χ2n) is 6.28. The van der Waals surface area contributed by atoms with Gasteiger partial charge in [-0.1, -0.05) is 19.9 Å². The zero-order valence-electron chi connectivity index (χ0n) is 17.3. The number of alkyl halides is 1. The van der Waals surface area contributed by atoms with Crippen LogP contribution in [0.15, 0.2) is 47.5 Å². The second-order valence-corrected chi connectivity index (χ2v) is 6.79. The van der Waals surface area contributed by atoms with Crippen molar-refractivity contribution in [3.05, 3.63) is 54.1 Å². The number of carbonyl (C=O) groups is 1. The third kappa shape index (κ3) is 6.16. The Kier molecular flexibility index (Phi) is 9.04. The number of fused-ring (bicyclic) bond motifs is 1. The van der Waals surface area contributed by atoms with Crippen LogP contribution in [0, 0.1) is 5.82 Å². The second kappa shape index (κ2) is 11.5. The number of halogens is 2. The van der Waals surface area contributed by atoms with Gasteiger partial charge in [0.25, 0.3) is 5.91 Å². The highest BCUT2D eigenvalue weighted by Crippen LogP contribution is 2.20. The molecule has 0 aliphatic carbocycles. The van der Waals surface area contributed by atoms with Crippen LogP contribution in [0.3, 0.4) is 0 Å². The monoisotopic (exact) mass is 435 g/mol. The summed E-state index contributed by atoms with van der Waals surface area (Å²) in [5.74, 6) is 0.216. The maximum Gasteiger partial charge on any atom is 0.271 e. The van der Waals surface area contributed by atoms with E-state index in [1.165, 1.54) is 22.8 Å². The highest BCUT2D eigenvalue weighted by Gasteiger charge is 2.23. The van der Waals surface area contributed by atoms with E-state index in [-0.39, 0.29) is 11.7 Å². The SMILES string of the molecule is CC.CCNC(=O)c1cnc2ccc(N3CCC(F)C3)nn12.Fc1cccc(S)c1. The lowest BCUT2D eigenvalue weighted by Crippen LogP contribution is -2.25. The van der Waals surface area contributed by atoms with Crippen LogP contribution in [0.25, 0.3) is 5.65 Å². The van der Waals surface area contributed by atoms with Crippen LogP contribution in [0.2, 0.25) is 0 Å². The van der Waals surface area contributed by atoms with Gasteiger partial charge in [0, 0.05) is 18.0 Å². The number of benzene rings is 1. The van der Waals surface area contributed by atoms with E-state index < -0.39 is 6.17 Å². The average molecular weight is 436 g/mol. The summed E-state index contributed by atoms with van der Waals surface area (Å²) in [5, 5.41) is 7.13. The Labute approximate surface area is 180 Å². The fourth-order valence-corrected chi connectivity index (χ4v) is 3.05. The van der Waals surface area contributed by atoms with Crippen LogP contribution in [0.1, 0.15) is 37.7 Å². The van der Waals surface area contributed by atoms with Crippen molar-refractivity contribution in [3.8, 4) is 0 Å². The van der Waals surface area contributed by atoms with E-state index in [9.17, 15) is 13.6 Å². The summed E-state index contributed by atoms with van der Waals surface area (Å²) in [6.07, 6.45) is 1.21. The molecule has 1 saturated heterocycles. The van der Waals surface area contributed by atoms with Gasteiger partial charge in [-0.3, -0.25) is 4.79 Å². The maximum atomic E-state index is 13.3. The van der Waals surface area contributed by atoms with Crippen molar-refractivity contribution in [2.75, 3.05) is 24.5 Å². The molecule has 0 radical (unpaired) electrons. The summed E-state index contributed by atoms with van der Waals surface area (Å²) in [5.41, 5.74) is 0.991. The molecule has 0 spiro atoms. The van der Waals surface area contributed by atoms with E-state index in [0.29, 0.717) is 48.1 Å². The molecule has 1 atom stereocenters. The lowest BCUT2D eigenvalue weighted by Gasteiger charge is -2.16. The Morgan fingerprint density at radius 3 is 2.63 bits per heavy atom. The molecular weight excluding hydrogens is 408 g/mol. The number of hydrogen-bond acceptors (Lipinski definition) is 5. The van der Waals surface area contributed by atoms with Crippen molar-refractivity contribution < 1.29 is 13.6 Å². The minimum atomic E-state index is -0.807. The molecule has 1 unspecified atom stereocenters. The first-order chi connectivity index (χ1) is 14.5. The van der Waals surface area contributed by atoms with Crippen molar-refractivity contribution in [1.82, 2.24) is 19.9 Å². The zero-order valence-corrected chi connectivity index (χ0v) is 18.2. The number of nitrogens with zero attached hydrogens (tertiary/aromatic N) is 4. The number of nitrogens with one attached hydrogen (secondary N) is 1. The first-order valence-electron chi connectivity index (χ1n) is 9.94. The summed E-state index contributed by atoms with van der Waals surface area (Å²) in [7, 11) is 0. The fourth-order valence-electron chi connectivity index (χ4n) is 2.84. The first-order valence-corrected chi connectivity index (χ1v) is 10.4. The fraction of sp³-hybridized carbons (Fsp3) is 0.381. The normalized spacial score (nSPS) is 15.1. The van der Waals surface area contributed by atoms with Crippen LogP contribution >= 0.6 is 12.6 Å². The van der Waals surface area contributed by atoms with Crippen molar-refractivity contribution >= 4 is 30.0 Å². The molecule has 3 heterocycles. The Bertz CT molecular complexity index is 948. The number of anilines is 1. The van der Waals surface area contributed by atoms with Crippen molar-refractivity contribution in [3.63, 3.8) is 0 Å². The molecule has 3 aromatic rings. The molecule has 9 heteroatoms. The molecule has 162 valence electrons. The third-order valence-electron chi connectivity index (χ3n) is 4.18. The maximum absolute atomic E-state index is 13.3. The highest BCUT2D eigenvalue weighted by atomic mass is 32.1. The van der Waals surface area contributed by atoms with Crippen molar-refractivity contribution in [1.29, 1.82) is 0 Å². The van der Waals surface area contributed by atoms with Gasteiger partial charge >= 0.3 is 0 Å². The number of hydrogen-bond donors (Lipinski definition) is 2. The molecule has 30 heavy (non-hydrogen) atoms.